The Labute approximate surface area is 108 Å². The lowest BCUT2D eigenvalue weighted by Gasteiger charge is -2.36. The molecule has 1 heterocycles. The van der Waals surface area contributed by atoms with E-state index >= 15 is 0 Å². The molecule has 1 atom stereocenters. The van der Waals surface area contributed by atoms with Crippen molar-refractivity contribution in [3.05, 3.63) is 23.0 Å². The Hall–Kier alpha value is -1.53. The van der Waals surface area contributed by atoms with Crippen LogP contribution in [-0.2, 0) is 9.53 Å². The predicted molar refractivity (Wildman–Crippen MR) is 67.0 cm³/mol. The van der Waals surface area contributed by atoms with Crippen molar-refractivity contribution in [2.24, 2.45) is 5.73 Å². The van der Waals surface area contributed by atoms with Gasteiger partial charge in [-0.15, -0.1) is 0 Å². The van der Waals surface area contributed by atoms with Gasteiger partial charge in [-0.2, -0.15) is 0 Å². The van der Waals surface area contributed by atoms with Crippen LogP contribution in [0.2, 0.25) is 5.02 Å². The number of benzene rings is 1. The molecule has 0 bridgehead atoms. The van der Waals surface area contributed by atoms with E-state index in [0.29, 0.717) is 18.8 Å². The van der Waals surface area contributed by atoms with E-state index in [0.717, 1.165) is 6.07 Å². The molecular weight excluding hydrogens is 261 g/mol. The Morgan fingerprint density at radius 2 is 2.28 bits per heavy atom. The van der Waals surface area contributed by atoms with E-state index in [1.807, 2.05) is 0 Å². The molecule has 1 saturated heterocycles. The fraction of sp³-hybridized carbons (Fsp3) is 0.364. The van der Waals surface area contributed by atoms with Crippen LogP contribution in [0.4, 0.5) is 15.8 Å². The highest BCUT2D eigenvalue weighted by Gasteiger charge is 2.29. The zero-order chi connectivity index (χ0) is 13.3. The van der Waals surface area contributed by atoms with Gasteiger partial charge in [0.25, 0.3) is 0 Å². The molecule has 0 spiro atoms. The van der Waals surface area contributed by atoms with Gasteiger partial charge >= 0.3 is 0 Å². The number of nitrogens with zero attached hydrogens (tertiary/aromatic N) is 1. The number of hydrogen-bond donors (Lipinski definition) is 2. The quantitative estimate of drug-likeness (QED) is 0.779. The molecule has 0 saturated carbocycles. The molecule has 1 aliphatic heterocycles. The molecule has 1 aromatic carbocycles. The van der Waals surface area contributed by atoms with Crippen molar-refractivity contribution in [1.29, 1.82) is 0 Å². The SMILES string of the molecule is NC(=O)C1COCCN1c1cc(Cl)c(F)cc1N. The lowest BCUT2D eigenvalue weighted by Crippen LogP contribution is -2.52. The van der Waals surface area contributed by atoms with Crippen LogP contribution in [0.15, 0.2) is 12.1 Å². The maximum Gasteiger partial charge on any atom is 0.242 e. The van der Waals surface area contributed by atoms with Crippen molar-refractivity contribution in [3.8, 4) is 0 Å². The molecule has 5 nitrogen and oxygen atoms in total. The van der Waals surface area contributed by atoms with Crippen LogP contribution in [0.25, 0.3) is 0 Å². The number of nitrogens with two attached hydrogens (primary N) is 2. The summed E-state index contributed by atoms with van der Waals surface area (Å²) >= 11 is 5.73. The van der Waals surface area contributed by atoms with Gasteiger partial charge in [0.15, 0.2) is 0 Å². The number of rotatable bonds is 2. The summed E-state index contributed by atoms with van der Waals surface area (Å²) in [7, 11) is 0. The summed E-state index contributed by atoms with van der Waals surface area (Å²) in [4.78, 5) is 13.0. The van der Waals surface area contributed by atoms with Crippen LogP contribution < -0.4 is 16.4 Å². The average Bonchev–Trinajstić information content (AvgIpc) is 2.34. The first-order chi connectivity index (χ1) is 8.50. The molecule has 1 aliphatic rings. The van der Waals surface area contributed by atoms with Gasteiger partial charge in [0.2, 0.25) is 5.91 Å². The molecule has 0 aromatic heterocycles. The second-order valence-electron chi connectivity index (χ2n) is 4.01. The number of carbonyl (C=O) groups excluding carboxylic acids is 1. The monoisotopic (exact) mass is 273 g/mol. The predicted octanol–water partition coefficient (Wildman–Crippen LogP) is 0.752. The summed E-state index contributed by atoms with van der Waals surface area (Å²) in [6, 6.07) is 1.90. The molecule has 1 unspecified atom stereocenters. The van der Waals surface area contributed by atoms with E-state index in [1.54, 1.807) is 4.90 Å². The molecule has 1 aromatic rings. The van der Waals surface area contributed by atoms with Gasteiger partial charge in [0.05, 0.1) is 29.6 Å². The van der Waals surface area contributed by atoms with Crippen LogP contribution in [-0.4, -0.2) is 31.7 Å². The summed E-state index contributed by atoms with van der Waals surface area (Å²) < 4.78 is 18.4. The summed E-state index contributed by atoms with van der Waals surface area (Å²) in [6.07, 6.45) is 0. The van der Waals surface area contributed by atoms with Gasteiger partial charge in [0, 0.05) is 12.6 Å². The molecular formula is C11H13ClFN3O2. The third-order valence-corrected chi connectivity index (χ3v) is 3.13. The van der Waals surface area contributed by atoms with Crippen molar-refractivity contribution < 1.29 is 13.9 Å². The smallest absolute Gasteiger partial charge is 0.242 e. The lowest BCUT2D eigenvalue weighted by molar-refractivity contribution is -0.121. The van der Waals surface area contributed by atoms with Gasteiger partial charge in [-0.1, -0.05) is 11.6 Å². The maximum atomic E-state index is 13.2. The van der Waals surface area contributed by atoms with Crippen molar-refractivity contribution in [2.45, 2.75) is 6.04 Å². The van der Waals surface area contributed by atoms with Gasteiger partial charge in [0.1, 0.15) is 11.9 Å². The highest BCUT2D eigenvalue weighted by atomic mass is 35.5. The van der Waals surface area contributed by atoms with Crippen LogP contribution in [0.1, 0.15) is 0 Å². The Bertz CT molecular complexity index is 484. The molecule has 7 heteroatoms. The molecule has 4 N–H and O–H groups in total. The number of amides is 1. The van der Waals surface area contributed by atoms with Gasteiger partial charge in [-0.25, -0.2) is 4.39 Å². The average molecular weight is 274 g/mol. The largest absolute Gasteiger partial charge is 0.397 e. The summed E-state index contributed by atoms with van der Waals surface area (Å²) in [5.74, 6) is -1.11. The van der Waals surface area contributed by atoms with E-state index in [2.05, 4.69) is 0 Å². The van der Waals surface area contributed by atoms with Crippen LogP contribution in [0, 0.1) is 5.82 Å². The molecule has 98 valence electrons. The lowest BCUT2D eigenvalue weighted by atomic mass is 10.1. The van der Waals surface area contributed by atoms with Gasteiger partial charge in [-0.3, -0.25) is 4.79 Å². The van der Waals surface area contributed by atoms with E-state index in [-0.39, 0.29) is 17.3 Å². The molecule has 0 radical (unpaired) electrons. The third kappa shape index (κ3) is 2.34. The Morgan fingerprint density at radius 1 is 1.56 bits per heavy atom. The number of anilines is 2. The Balaban J connectivity index is 2.39. The minimum Gasteiger partial charge on any atom is -0.397 e. The van der Waals surface area contributed by atoms with Crippen LogP contribution in [0.5, 0.6) is 0 Å². The summed E-state index contributed by atoms with van der Waals surface area (Å²) in [6.45, 7) is 1.07. The normalized spacial score (nSPS) is 19.9. The zero-order valence-corrected chi connectivity index (χ0v) is 10.3. The molecule has 0 aliphatic carbocycles. The van der Waals surface area contributed by atoms with E-state index in [9.17, 15) is 9.18 Å². The van der Waals surface area contributed by atoms with Crippen molar-refractivity contribution >= 4 is 28.9 Å². The number of ether oxygens (including phenoxy) is 1. The fourth-order valence-electron chi connectivity index (χ4n) is 1.93. The highest BCUT2D eigenvalue weighted by Crippen LogP contribution is 2.31. The first kappa shape index (κ1) is 12.9. The van der Waals surface area contributed by atoms with E-state index in [4.69, 9.17) is 27.8 Å². The van der Waals surface area contributed by atoms with Gasteiger partial charge < -0.3 is 21.1 Å². The molecule has 2 rings (SSSR count). The van der Waals surface area contributed by atoms with Crippen LogP contribution in [0.3, 0.4) is 0 Å². The van der Waals surface area contributed by atoms with Gasteiger partial charge in [-0.05, 0) is 6.07 Å². The second kappa shape index (κ2) is 4.99. The molecule has 1 amide bonds. The number of primary amides is 1. The maximum absolute atomic E-state index is 13.2. The first-order valence-corrected chi connectivity index (χ1v) is 5.76. The number of hydrogen-bond acceptors (Lipinski definition) is 4. The van der Waals surface area contributed by atoms with Crippen LogP contribution >= 0.6 is 11.6 Å². The van der Waals surface area contributed by atoms with Crippen molar-refractivity contribution in [2.75, 3.05) is 30.4 Å². The fourth-order valence-corrected chi connectivity index (χ4v) is 2.09. The third-order valence-electron chi connectivity index (χ3n) is 2.84. The molecule has 1 fully saturated rings. The number of nitrogen functional groups attached to an aromatic ring is 1. The number of morpholine rings is 1. The number of halogens is 2. The van der Waals surface area contributed by atoms with E-state index < -0.39 is 17.8 Å². The Morgan fingerprint density at radius 3 is 2.94 bits per heavy atom. The topological polar surface area (TPSA) is 81.6 Å². The zero-order valence-electron chi connectivity index (χ0n) is 9.53. The number of carbonyl (C=O) groups is 1. The van der Waals surface area contributed by atoms with Crippen molar-refractivity contribution in [1.82, 2.24) is 0 Å². The highest BCUT2D eigenvalue weighted by molar-refractivity contribution is 6.31. The van der Waals surface area contributed by atoms with E-state index in [1.165, 1.54) is 6.07 Å². The Kier molecular flexibility index (Phi) is 3.58. The standard InChI is InChI=1S/C11H13ClFN3O2/c12-6-3-9(8(14)4-7(6)13)16-1-2-18-5-10(16)11(15)17/h3-4,10H,1-2,5,14H2,(H2,15,17). The second-order valence-corrected chi connectivity index (χ2v) is 4.42. The summed E-state index contributed by atoms with van der Waals surface area (Å²) in [5, 5.41) is -0.0473. The first-order valence-electron chi connectivity index (χ1n) is 5.39. The van der Waals surface area contributed by atoms with Crippen molar-refractivity contribution in [3.63, 3.8) is 0 Å². The summed E-state index contributed by atoms with van der Waals surface area (Å²) in [5.41, 5.74) is 11.8. The molecule has 18 heavy (non-hydrogen) atoms. The minimum atomic E-state index is -0.623. The minimum absolute atomic E-state index is 0.0473.